The van der Waals surface area contributed by atoms with Gasteiger partial charge in [0.05, 0.1) is 12.3 Å². The molecule has 8 nitrogen and oxygen atoms in total. The van der Waals surface area contributed by atoms with Gasteiger partial charge in [-0.05, 0) is 44.6 Å². The molecule has 1 atom stereocenters. The number of nitrogens with one attached hydrogen (secondary N) is 2. The van der Waals surface area contributed by atoms with E-state index in [0.29, 0.717) is 23.6 Å². The molecule has 2 fully saturated rings. The Hall–Kier alpha value is -2.87. The van der Waals surface area contributed by atoms with E-state index in [1.165, 1.54) is 31.1 Å². The molecule has 8 heteroatoms. The van der Waals surface area contributed by atoms with Crippen LogP contribution in [0.25, 0.3) is 0 Å². The molecule has 188 valence electrons. The van der Waals surface area contributed by atoms with Crippen molar-refractivity contribution < 1.29 is 23.6 Å². The van der Waals surface area contributed by atoms with Gasteiger partial charge in [0.2, 0.25) is 5.91 Å². The summed E-state index contributed by atoms with van der Waals surface area (Å²) in [5.41, 5.74) is 2.77. The van der Waals surface area contributed by atoms with Crippen molar-refractivity contribution in [1.29, 1.82) is 0 Å². The standard InChI is InChI=1S/C27H35N3O5/c1-18-21(16-35-30-18)25(31)29-24(19-7-5-3-2-4-6-8-19)26(32)28-20-9-10-22-23(15-20)34-17-27(22)11-13-33-14-12-27/h9-10,15-16,19,24H,2-8,11-14,17H2,1H3,(H,28,32)(H,29,31). The Balaban J connectivity index is 1.34. The van der Waals surface area contributed by atoms with Crippen LogP contribution in [0.4, 0.5) is 5.69 Å². The van der Waals surface area contributed by atoms with E-state index >= 15 is 0 Å². The topological polar surface area (TPSA) is 103 Å². The Labute approximate surface area is 206 Å². The molecule has 5 rings (SSSR count). The van der Waals surface area contributed by atoms with E-state index in [9.17, 15) is 9.59 Å². The molecule has 0 radical (unpaired) electrons. The molecule has 0 bridgehead atoms. The first-order chi connectivity index (χ1) is 17.1. The van der Waals surface area contributed by atoms with Crippen molar-refractivity contribution >= 4 is 17.5 Å². The summed E-state index contributed by atoms with van der Waals surface area (Å²) < 4.78 is 16.6. The predicted octanol–water partition coefficient (Wildman–Crippen LogP) is 4.52. The third kappa shape index (κ3) is 5.08. The Bertz CT molecular complexity index is 1050. The number of hydrogen-bond acceptors (Lipinski definition) is 6. The molecule has 1 saturated heterocycles. The van der Waals surface area contributed by atoms with Crippen LogP contribution < -0.4 is 15.4 Å². The summed E-state index contributed by atoms with van der Waals surface area (Å²) in [6.07, 6.45) is 10.8. The molecule has 35 heavy (non-hydrogen) atoms. The molecule has 1 spiro atoms. The second-order valence-corrected chi connectivity index (χ2v) is 10.3. The maximum Gasteiger partial charge on any atom is 0.257 e. The average molecular weight is 482 g/mol. The van der Waals surface area contributed by atoms with Gasteiger partial charge in [-0.1, -0.05) is 43.3 Å². The zero-order valence-electron chi connectivity index (χ0n) is 20.4. The van der Waals surface area contributed by atoms with E-state index in [1.807, 2.05) is 12.1 Å². The molecule has 1 aliphatic carbocycles. The molecule has 2 N–H and O–H groups in total. The van der Waals surface area contributed by atoms with Gasteiger partial charge in [0, 0.05) is 35.9 Å². The SMILES string of the molecule is Cc1nocc1C(=O)NC(C(=O)Nc1ccc2c(c1)OCC21CCOCC1)C1CCCCCCC1. The number of aryl methyl sites for hydroxylation is 1. The smallest absolute Gasteiger partial charge is 0.257 e. The third-order valence-corrected chi connectivity index (χ3v) is 7.96. The normalized spacial score (nSPS) is 20.8. The van der Waals surface area contributed by atoms with Crippen LogP contribution in [-0.2, 0) is 14.9 Å². The van der Waals surface area contributed by atoms with Gasteiger partial charge < -0.3 is 24.6 Å². The highest BCUT2D eigenvalue weighted by Gasteiger charge is 2.42. The lowest BCUT2D eigenvalue weighted by Crippen LogP contribution is -2.48. The molecular weight excluding hydrogens is 446 g/mol. The van der Waals surface area contributed by atoms with Crippen molar-refractivity contribution in [2.24, 2.45) is 5.92 Å². The van der Waals surface area contributed by atoms with Crippen molar-refractivity contribution in [2.45, 2.75) is 76.2 Å². The van der Waals surface area contributed by atoms with Crippen molar-refractivity contribution in [1.82, 2.24) is 10.5 Å². The van der Waals surface area contributed by atoms with Gasteiger partial charge in [0.15, 0.2) is 0 Å². The number of amides is 2. The highest BCUT2D eigenvalue weighted by atomic mass is 16.5. The van der Waals surface area contributed by atoms with Gasteiger partial charge in [-0.3, -0.25) is 9.59 Å². The number of ether oxygens (including phenoxy) is 2. The van der Waals surface area contributed by atoms with Crippen molar-refractivity contribution in [2.75, 3.05) is 25.1 Å². The zero-order chi connectivity index (χ0) is 24.3. The molecule has 2 amide bonds. The summed E-state index contributed by atoms with van der Waals surface area (Å²) in [4.78, 5) is 26.6. The van der Waals surface area contributed by atoms with E-state index in [2.05, 4.69) is 21.9 Å². The van der Waals surface area contributed by atoms with Crippen LogP contribution in [0.15, 0.2) is 29.0 Å². The van der Waals surface area contributed by atoms with Crippen LogP contribution in [0.3, 0.4) is 0 Å². The minimum absolute atomic E-state index is 0.0159. The van der Waals surface area contributed by atoms with Gasteiger partial charge >= 0.3 is 0 Å². The maximum absolute atomic E-state index is 13.6. The Morgan fingerprint density at radius 2 is 1.83 bits per heavy atom. The molecule has 3 aliphatic rings. The molecular formula is C27H35N3O5. The largest absolute Gasteiger partial charge is 0.492 e. The number of fused-ring (bicyclic) bond motifs is 2. The zero-order valence-corrected chi connectivity index (χ0v) is 20.4. The molecule has 2 aliphatic heterocycles. The fourth-order valence-electron chi connectivity index (χ4n) is 5.80. The van der Waals surface area contributed by atoms with Crippen LogP contribution in [0.1, 0.15) is 79.4 Å². The number of carbonyl (C=O) groups is 2. The summed E-state index contributed by atoms with van der Waals surface area (Å²) in [6.45, 7) is 3.87. The van der Waals surface area contributed by atoms with Crippen LogP contribution in [0.5, 0.6) is 5.75 Å². The lowest BCUT2D eigenvalue weighted by molar-refractivity contribution is -0.119. The van der Waals surface area contributed by atoms with Crippen LogP contribution in [-0.4, -0.2) is 42.8 Å². The van der Waals surface area contributed by atoms with Gasteiger partial charge in [-0.25, -0.2) is 0 Å². The number of carbonyl (C=O) groups excluding carboxylic acids is 2. The number of rotatable bonds is 5. The predicted molar refractivity (Wildman–Crippen MR) is 131 cm³/mol. The van der Waals surface area contributed by atoms with E-state index < -0.39 is 6.04 Å². The maximum atomic E-state index is 13.6. The van der Waals surface area contributed by atoms with Gasteiger partial charge in [-0.2, -0.15) is 0 Å². The first-order valence-corrected chi connectivity index (χ1v) is 12.9. The van der Waals surface area contributed by atoms with Gasteiger partial charge in [0.25, 0.3) is 5.91 Å². The molecule has 1 aromatic heterocycles. The highest BCUT2D eigenvalue weighted by Crippen LogP contribution is 2.46. The van der Waals surface area contributed by atoms with Crippen molar-refractivity contribution in [3.8, 4) is 5.75 Å². The fourth-order valence-corrected chi connectivity index (χ4v) is 5.80. The Morgan fingerprint density at radius 1 is 1.09 bits per heavy atom. The summed E-state index contributed by atoms with van der Waals surface area (Å²) in [5, 5.41) is 9.87. The molecule has 2 aromatic rings. The molecule has 1 saturated carbocycles. The summed E-state index contributed by atoms with van der Waals surface area (Å²) in [6, 6.07) is 5.31. The monoisotopic (exact) mass is 481 g/mol. The van der Waals surface area contributed by atoms with Crippen LogP contribution in [0, 0.1) is 12.8 Å². The highest BCUT2D eigenvalue weighted by molar-refractivity contribution is 6.01. The second kappa shape index (κ2) is 10.4. The minimum atomic E-state index is -0.633. The third-order valence-electron chi connectivity index (χ3n) is 7.96. The van der Waals surface area contributed by atoms with Gasteiger partial charge in [0.1, 0.15) is 23.6 Å². The molecule has 1 unspecified atom stereocenters. The van der Waals surface area contributed by atoms with E-state index in [0.717, 1.165) is 57.5 Å². The Kier molecular flexibility index (Phi) is 7.09. The van der Waals surface area contributed by atoms with Crippen LogP contribution >= 0.6 is 0 Å². The van der Waals surface area contributed by atoms with Gasteiger partial charge in [-0.15, -0.1) is 0 Å². The average Bonchev–Trinajstić information content (AvgIpc) is 3.42. The fraction of sp³-hybridized carbons (Fsp3) is 0.593. The number of aromatic nitrogens is 1. The lowest BCUT2D eigenvalue weighted by atomic mass is 9.76. The quantitative estimate of drug-likeness (QED) is 0.651. The second-order valence-electron chi connectivity index (χ2n) is 10.3. The van der Waals surface area contributed by atoms with Crippen molar-refractivity contribution in [3.63, 3.8) is 0 Å². The van der Waals surface area contributed by atoms with Crippen molar-refractivity contribution in [3.05, 3.63) is 41.3 Å². The molecule has 3 heterocycles. The van der Waals surface area contributed by atoms with Crippen LogP contribution in [0.2, 0.25) is 0 Å². The summed E-state index contributed by atoms with van der Waals surface area (Å²) in [7, 11) is 0. The first kappa shape index (κ1) is 23.9. The van der Waals surface area contributed by atoms with E-state index in [-0.39, 0.29) is 23.1 Å². The Morgan fingerprint density at radius 3 is 2.54 bits per heavy atom. The summed E-state index contributed by atoms with van der Waals surface area (Å²) in [5.74, 6) is 0.383. The minimum Gasteiger partial charge on any atom is -0.492 e. The first-order valence-electron chi connectivity index (χ1n) is 12.9. The van der Waals surface area contributed by atoms with E-state index in [1.54, 1.807) is 6.92 Å². The van der Waals surface area contributed by atoms with E-state index in [4.69, 9.17) is 14.0 Å². The number of hydrogen-bond donors (Lipinski definition) is 2. The number of benzene rings is 1. The number of nitrogens with zero attached hydrogens (tertiary/aromatic N) is 1. The lowest BCUT2D eigenvalue weighted by Gasteiger charge is -2.32. The summed E-state index contributed by atoms with van der Waals surface area (Å²) >= 11 is 0. The number of anilines is 1. The molecule has 1 aromatic carbocycles.